The van der Waals surface area contributed by atoms with Crippen LogP contribution in [-0.4, -0.2) is 24.9 Å². The SMILES string of the molecule is Cn1cc(S(=O)(=O)Cl)cc1C(=O)NC1CCCC1. The maximum absolute atomic E-state index is 12.0. The Kier molecular flexibility index (Phi) is 3.68. The van der Waals surface area contributed by atoms with Crippen molar-refractivity contribution in [3.8, 4) is 0 Å². The molecule has 1 aliphatic carbocycles. The minimum absolute atomic E-state index is 0.0526. The van der Waals surface area contributed by atoms with Crippen LogP contribution in [0.5, 0.6) is 0 Å². The van der Waals surface area contributed by atoms with Crippen LogP contribution in [0, 0.1) is 0 Å². The van der Waals surface area contributed by atoms with Crippen LogP contribution in [0.2, 0.25) is 0 Å². The van der Waals surface area contributed by atoms with Gasteiger partial charge in [0.25, 0.3) is 15.0 Å². The number of halogens is 1. The molecule has 18 heavy (non-hydrogen) atoms. The molecule has 0 unspecified atom stereocenters. The molecule has 0 radical (unpaired) electrons. The zero-order valence-corrected chi connectivity index (χ0v) is 11.6. The molecule has 100 valence electrons. The smallest absolute Gasteiger partial charge is 0.268 e. The number of aryl methyl sites for hydroxylation is 1. The molecule has 1 fully saturated rings. The molecule has 5 nitrogen and oxygen atoms in total. The van der Waals surface area contributed by atoms with Crippen LogP contribution in [0.25, 0.3) is 0 Å². The summed E-state index contributed by atoms with van der Waals surface area (Å²) in [6.07, 6.45) is 5.55. The summed E-state index contributed by atoms with van der Waals surface area (Å²) in [5.41, 5.74) is 0.307. The molecule has 7 heteroatoms. The first kappa shape index (κ1) is 13.4. The Morgan fingerprint density at radius 1 is 1.44 bits per heavy atom. The van der Waals surface area contributed by atoms with Crippen molar-refractivity contribution >= 4 is 25.6 Å². The molecule has 1 aromatic heterocycles. The van der Waals surface area contributed by atoms with E-state index < -0.39 is 9.05 Å². The lowest BCUT2D eigenvalue weighted by molar-refractivity contribution is 0.0929. The second-order valence-corrected chi connectivity index (χ2v) is 7.13. The van der Waals surface area contributed by atoms with Crippen LogP contribution < -0.4 is 5.32 Å². The third kappa shape index (κ3) is 2.87. The van der Waals surface area contributed by atoms with E-state index in [-0.39, 0.29) is 16.8 Å². The maximum atomic E-state index is 12.0. The van der Waals surface area contributed by atoms with Gasteiger partial charge in [0.1, 0.15) is 10.6 Å². The van der Waals surface area contributed by atoms with E-state index in [0.29, 0.717) is 5.69 Å². The van der Waals surface area contributed by atoms with Crippen molar-refractivity contribution in [3.05, 3.63) is 18.0 Å². The Hall–Kier alpha value is -1.01. The van der Waals surface area contributed by atoms with E-state index in [4.69, 9.17) is 10.7 Å². The van der Waals surface area contributed by atoms with Gasteiger partial charge >= 0.3 is 0 Å². The molecule has 2 rings (SSSR count). The van der Waals surface area contributed by atoms with Gasteiger partial charge < -0.3 is 9.88 Å². The van der Waals surface area contributed by atoms with Crippen molar-refractivity contribution < 1.29 is 13.2 Å². The second-order valence-electron chi connectivity index (χ2n) is 4.56. The van der Waals surface area contributed by atoms with Crippen LogP contribution >= 0.6 is 10.7 Å². The molecule has 1 N–H and O–H groups in total. The minimum Gasteiger partial charge on any atom is -0.348 e. The van der Waals surface area contributed by atoms with Crippen molar-refractivity contribution in [2.24, 2.45) is 7.05 Å². The largest absolute Gasteiger partial charge is 0.348 e. The highest BCUT2D eigenvalue weighted by Gasteiger charge is 2.22. The number of nitrogens with one attached hydrogen (secondary N) is 1. The summed E-state index contributed by atoms with van der Waals surface area (Å²) in [4.78, 5) is 11.9. The summed E-state index contributed by atoms with van der Waals surface area (Å²) in [6.45, 7) is 0. The van der Waals surface area contributed by atoms with Gasteiger partial charge in [0.2, 0.25) is 0 Å². The highest BCUT2D eigenvalue weighted by Crippen LogP contribution is 2.20. The molecule has 0 aliphatic heterocycles. The second kappa shape index (κ2) is 4.93. The topological polar surface area (TPSA) is 68.2 Å². The summed E-state index contributed by atoms with van der Waals surface area (Å²) >= 11 is 0. The van der Waals surface area contributed by atoms with Gasteiger partial charge in [-0.3, -0.25) is 4.79 Å². The lowest BCUT2D eigenvalue weighted by Gasteiger charge is -2.11. The molecule has 1 aromatic rings. The fourth-order valence-electron chi connectivity index (χ4n) is 2.22. The van der Waals surface area contributed by atoms with Gasteiger partial charge in [0.05, 0.1) is 0 Å². The third-order valence-electron chi connectivity index (χ3n) is 3.18. The monoisotopic (exact) mass is 290 g/mol. The number of carbonyl (C=O) groups is 1. The summed E-state index contributed by atoms with van der Waals surface area (Å²) < 4.78 is 23.8. The molecular weight excluding hydrogens is 276 g/mol. The van der Waals surface area contributed by atoms with E-state index in [0.717, 1.165) is 25.7 Å². The molecule has 1 heterocycles. The normalized spacial score (nSPS) is 17.0. The van der Waals surface area contributed by atoms with Crippen LogP contribution in [0.1, 0.15) is 36.2 Å². The third-order valence-corrected chi connectivity index (χ3v) is 4.51. The zero-order chi connectivity index (χ0) is 13.3. The van der Waals surface area contributed by atoms with Gasteiger partial charge in [0.15, 0.2) is 0 Å². The van der Waals surface area contributed by atoms with Gasteiger partial charge in [-0.25, -0.2) is 8.42 Å². The number of carbonyl (C=O) groups excluding carboxylic acids is 1. The maximum Gasteiger partial charge on any atom is 0.268 e. The van der Waals surface area contributed by atoms with E-state index in [1.54, 1.807) is 7.05 Å². The molecule has 0 aromatic carbocycles. The molecule has 0 atom stereocenters. The van der Waals surface area contributed by atoms with E-state index in [1.807, 2.05) is 0 Å². The van der Waals surface area contributed by atoms with Crippen molar-refractivity contribution in [2.45, 2.75) is 36.6 Å². The number of aromatic nitrogens is 1. The van der Waals surface area contributed by atoms with Gasteiger partial charge in [-0.15, -0.1) is 0 Å². The number of nitrogens with zero attached hydrogens (tertiary/aromatic N) is 1. The van der Waals surface area contributed by atoms with Crippen molar-refractivity contribution in [1.29, 1.82) is 0 Å². The average molecular weight is 291 g/mol. The van der Waals surface area contributed by atoms with Crippen molar-refractivity contribution in [3.63, 3.8) is 0 Å². The Labute approximate surface area is 111 Å². The lowest BCUT2D eigenvalue weighted by Crippen LogP contribution is -2.33. The van der Waals surface area contributed by atoms with Crippen LogP contribution in [0.3, 0.4) is 0 Å². The van der Waals surface area contributed by atoms with E-state index in [2.05, 4.69) is 5.32 Å². The lowest BCUT2D eigenvalue weighted by atomic mass is 10.2. The van der Waals surface area contributed by atoms with Crippen molar-refractivity contribution in [2.75, 3.05) is 0 Å². The van der Waals surface area contributed by atoms with Crippen LogP contribution in [0.4, 0.5) is 0 Å². The minimum atomic E-state index is -3.79. The van der Waals surface area contributed by atoms with E-state index in [1.165, 1.54) is 16.8 Å². The van der Waals surface area contributed by atoms with Gasteiger partial charge in [-0.2, -0.15) is 0 Å². The molecule has 1 amide bonds. The summed E-state index contributed by atoms with van der Waals surface area (Å²) in [7, 11) is 3.07. The standard InChI is InChI=1S/C11H15ClN2O3S/c1-14-7-9(18(12,16)17)6-10(14)11(15)13-8-4-2-3-5-8/h6-8H,2-5H2,1H3,(H,13,15). The van der Waals surface area contributed by atoms with Crippen LogP contribution in [0.15, 0.2) is 17.2 Å². The van der Waals surface area contributed by atoms with Gasteiger partial charge in [-0.05, 0) is 18.9 Å². The number of hydrogen-bond donors (Lipinski definition) is 1. The predicted octanol–water partition coefficient (Wildman–Crippen LogP) is 1.62. The summed E-state index contributed by atoms with van der Waals surface area (Å²) in [5.74, 6) is -0.254. The Morgan fingerprint density at radius 2 is 2.06 bits per heavy atom. The fraction of sp³-hybridized carbons (Fsp3) is 0.545. The highest BCUT2D eigenvalue weighted by molar-refractivity contribution is 8.13. The quantitative estimate of drug-likeness (QED) is 0.860. The molecule has 1 aliphatic rings. The molecule has 0 saturated heterocycles. The van der Waals surface area contributed by atoms with Crippen molar-refractivity contribution in [1.82, 2.24) is 9.88 Å². The highest BCUT2D eigenvalue weighted by atomic mass is 35.7. The average Bonchev–Trinajstić information content (AvgIpc) is 2.85. The molecule has 0 spiro atoms. The number of hydrogen-bond acceptors (Lipinski definition) is 3. The predicted molar refractivity (Wildman–Crippen MR) is 68.2 cm³/mol. The zero-order valence-electron chi connectivity index (χ0n) is 10.0. The number of amides is 1. The Balaban J connectivity index is 2.17. The van der Waals surface area contributed by atoms with Gasteiger partial charge in [0, 0.05) is 30.0 Å². The molecule has 0 bridgehead atoms. The summed E-state index contributed by atoms with van der Waals surface area (Å²) in [5, 5.41) is 2.90. The first-order chi connectivity index (χ1) is 8.38. The number of rotatable bonds is 3. The molecular formula is C11H15ClN2O3S. The first-order valence-electron chi connectivity index (χ1n) is 5.80. The summed E-state index contributed by atoms with van der Waals surface area (Å²) in [6, 6.07) is 1.50. The first-order valence-corrected chi connectivity index (χ1v) is 8.11. The fourth-order valence-corrected chi connectivity index (χ4v) is 3.01. The Bertz CT molecular complexity index is 559. The Morgan fingerprint density at radius 3 is 2.56 bits per heavy atom. The molecule has 1 saturated carbocycles. The van der Waals surface area contributed by atoms with Gasteiger partial charge in [-0.1, -0.05) is 12.8 Å². The van der Waals surface area contributed by atoms with E-state index in [9.17, 15) is 13.2 Å². The van der Waals surface area contributed by atoms with Crippen LogP contribution in [-0.2, 0) is 16.1 Å². The van der Waals surface area contributed by atoms with E-state index >= 15 is 0 Å².